The first kappa shape index (κ1) is 19.9. The van der Waals surface area contributed by atoms with Crippen LogP contribution in [0.2, 0.25) is 0 Å². The van der Waals surface area contributed by atoms with E-state index in [0.29, 0.717) is 6.42 Å². The predicted octanol–water partition coefficient (Wildman–Crippen LogP) is 5.21. The Hall–Kier alpha value is -0.0800. The molecule has 0 saturated carbocycles. The number of aliphatic hydroxyl groups is 2. The minimum atomic E-state index is -0.322. The van der Waals surface area contributed by atoms with Crippen molar-refractivity contribution in [2.45, 2.75) is 116 Å². The fourth-order valence-corrected chi connectivity index (χ4v) is 2.64. The summed E-state index contributed by atoms with van der Waals surface area (Å²) in [6.07, 6.45) is 16.3. The van der Waals surface area contributed by atoms with Crippen molar-refractivity contribution in [3.63, 3.8) is 0 Å². The van der Waals surface area contributed by atoms with Gasteiger partial charge >= 0.3 is 0 Å². The molecule has 2 N–H and O–H groups in total. The van der Waals surface area contributed by atoms with Gasteiger partial charge in [-0.15, -0.1) is 0 Å². The molecular formula is C18H38O2. The molecule has 2 heteroatoms. The number of hydrogen-bond acceptors (Lipinski definition) is 2. The topological polar surface area (TPSA) is 40.5 Å². The summed E-state index contributed by atoms with van der Waals surface area (Å²) in [6, 6.07) is 0. The van der Waals surface area contributed by atoms with E-state index >= 15 is 0 Å². The molecule has 0 rings (SSSR count). The highest BCUT2D eigenvalue weighted by molar-refractivity contribution is 4.62. The van der Waals surface area contributed by atoms with Gasteiger partial charge in [-0.3, -0.25) is 0 Å². The average molecular weight is 286 g/mol. The molecule has 0 saturated heterocycles. The van der Waals surface area contributed by atoms with E-state index in [-0.39, 0.29) is 12.2 Å². The summed E-state index contributed by atoms with van der Waals surface area (Å²) in [5, 5.41) is 19.2. The Kier molecular flexibility index (Phi) is 15.3. The molecular weight excluding hydrogens is 248 g/mol. The highest BCUT2D eigenvalue weighted by atomic mass is 16.3. The van der Waals surface area contributed by atoms with Gasteiger partial charge in [-0.25, -0.2) is 0 Å². The van der Waals surface area contributed by atoms with Crippen LogP contribution in [0.4, 0.5) is 0 Å². The lowest BCUT2D eigenvalue weighted by Gasteiger charge is -2.13. The SMILES string of the molecule is CCCCCCCCCCCCCC(O)CC(O)CC. The van der Waals surface area contributed by atoms with Gasteiger partial charge in [0.2, 0.25) is 0 Å². The van der Waals surface area contributed by atoms with Crippen molar-refractivity contribution in [1.29, 1.82) is 0 Å². The third-order valence-electron chi connectivity index (χ3n) is 4.16. The van der Waals surface area contributed by atoms with Gasteiger partial charge < -0.3 is 10.2 Å². The first-order chi connectivity index (χ1) is 9.70. The predicted molar refractivity (Wildman–Crippen MR) is 88.0 cm³/mol. The second kappa shape index (κ2) is 15.3. The van der Waals surface area contributed by atoms with Crippen LogP contribution in [0.3, 0.4) is 0 Å². The van der Waals surface area contributed by atoms with Crippen molar-refractivity contribution in [3.8, 4) is 0 Å². The molecule has 0 aromatic rings. The molecule has 2 unspecified atom stereocenters. The summed E-state index contributed by atoms with van der Waals surface area (Å²) in [5.41, 5.74) is 0. The normalized spacial score (nSPS) is 14.4. The molecule has 0 heterocycles. The maximum atomic E-state index is 9.73. The van der Waals surface area contributed by atoms with E-state index < -0.39 is 0 Å². The minimum Gasteiger partial charge on any atom is -0.393 e. The van der Waals surface area contributed by atoms with Crippen LogP contribution in [0.25, 0.3) is 0 Å². The first-order valence-electron chi connectivity index (χ1n) is 9.06. The Balaban J connectivity index is 3.12. The van der Waals surface area contributed by atoms with Gasteiger partial charge in [0.25, 0.3) is 0 Å². The lowest BCUT2D eigenvalue weighted by molar-refractivity contribution is 0.0721. The van der Waals surface area contributed by atoms with Crippen molar-refractivity contribution in [2.75, 3.05) is 0 Å². The third kappa shape index (κ3) is 14.3. The first-order valence-corrected chi connectivity index (χ1v) is 9.06. The summed E-state index contributed by atoms with van der Waals surface area (Å²) in [5.74, 6) is 0. The summed E-state index contributed by atoms with van der Waals surface area (Å²) in [4.78, 5) is 0. The molecule has 0 amide bonds. The summed E-state index contributed by atoms with van der Waals surface area (Å²) in [6.45, 7) is 4.22. The van der Waals surface area contributed by atoms with Crippen LogP contribution >= 0.6 is 0 Å². The van der Waals surface area contributed by atoms with E-state index in [0.717, 1.165) is 19.3 Å². The second-order valence-electron chi connectivity index (χ2n) is 6.28. The van der Waals surface area contributed by atoms with Crippen LogP contribution in [0.15, 0.2) is 0 Å². The molecule has 0 aromatic carbocycles. The Bertz CT molecular complexity index is 182. The Morgan fingerprint density at radius 1 is 0.600 bits per heavy atom. The maximum absolute atomic E-state index is 9.73. The fraction of sp³-hybridized carbons (Fsp3) is 1.00. The fourth-order valence-electron chi connectivity index (χ4n) is 2.64. The zero-order chi connectivity index (χ0) is 15.1. The van der Waals surface area contributed by atoms with Crippen molar-refractivity contribution in [1.82, 2.24) is 0 Å². The molecule has 0 aliphatic carbocycles. The zero-order valence-electron chi connectivity index (χ0n) is 13.9. The Labute approximate surface area is 127 Å². The van der Waals surface area contributed by atoms with Crippen molar-refractivity contribution >= 4 is 0 Å². The lowest BCUT2D eigenvalue weighted by atomic mass is 10.0. The third-order valence-corrected chi connectivity index (χ3v) is 4.16. The van der Waals surface area contributed by atoms with Gasteiger partial charge in [0.05, 0.1) is 12.2 Å². The van der Waals surface area contributed by atoms with Crippen molar-refractivity contribution < 1.29 is 10.2 Å². The van der Waals surface area contributed by atoms with Gasteiger partial charge in [0.1, 0.15) is 0 Å². The maximum Gasteiger partial charge on any atom is 0.0564 e. The number of unbranched alkanes of at least 4 members (excludes halogenated alkanes) is 10. The standard InChI is InChI=1S/C18H38O2/c1-3-5-6-7-8-9-10-11-12-13-14-15-18(20)16-17(19)4-2/h17-20H,3-16H2,1-2H3. The van der Waals surface area contributed by atoms with Crippen LogP contribution in [0, 0.1) is 0 Å². The van der Waals surface area contributed by atoms with Crippen LogP contribution in [-0.4, -0.2) is 22.4 Å². The monoisotopic (exact) mass is 286 g/mol. The molecule has 122 valence electrons. The molecule has 0 bridgehead atoms. The highest BCUT2D eigenvalue weighted by Crippen LogP contribution is 2.14. The van der Waals surface area contributed by atoms with Crippen molar-refractivity contribution in [3.05, 3.63) is 0 Å². The van der Waals surface area contributed by atoms with Gasteiger partial charge in [-0.05, 0) is 19.3 Å². The summed E-state index contributed by atoms with van der Waals surface area (Å²) >= 11 is 0. The van der Waals surface area contributed by atoms with Gasteiger partial charge in [0.15, 0.2) is 0 Å². The quantitative estimate of drug-likeness (QED) is 0.406. The van der Waals surface area contributed by atoms with Gasteiger partial charge in [-0.1, -0.05) is 84.5 Å². The highest BCUT2D eigenvalue weighted by Gasteiger charge is 2.09. The lowest BCUT2D eigenvalue weighted by Crippen LogP contribution is -2.16. The van der Waals surface area contributed by atoms with E-state index in [1.54, 1.807) is 0 Å². The van der Waals surface area contributed by atoms with E-state index in [9.17, 15) is 10.2 Å². The number of rotatable bonds is 15. The molecule has 0 aromatic heterocycles. The molecule has 0 aliphatic rings. The molecule has 0 radical (unpaired) electrons. The van der Waals surface area contributed by atoms with Crippen LogP contribution in [0.5, 0.6) is 0 Å². The Morgan fingerprint density at radius 3 is 1.50 bits per heavy atom. The summed E-state index contributed by atoms with van der Waals surface area (Å²) < 4.78 is 0. The van der Waals surface area contributed by atoms with E-state index in [1.807, 2.05) is 6.92 Å². The molecule has 2 nitrogen and oxygen atoms in total. The van der Waals surface area contributed by atoms with Crippen LogP contribution < -0.4 is 0 Å². The second-order valence-corrected chi connectivity index (χ2v) is 6.28. The van der Waals surface area contributed by atoms with E-state index in [2.05, 4.69) is 6.92 Å². The largest absolute Gasteiger partial charge is 0.393 e. The van der Waals surface area contributed by atoms with E-state index in [4.69, 9.17) is 0 Å². The molecule has 20 heavy (non-hydrogen) atoms. The smallest absolute Gasteiger partial charge is 0.0564 e. The molecule has 0 fully saturated rings. The molecule has 0 aliphatic heterocycles. The van der Waals surface area contributed by atoms with Gasteiger partial charge in [0, 0.05) is 0 Å². The minimum absolute atomic E-state index is 0.302. The van der Waals surface area contributed by atoms with Crippen molar-refractivity contribution in [2.24, 2.45) is 0 Å². The molecule has 0 spiro atoms. The summed E-state index contributed by atoms with van der Waals surface area (Å²) in [7, 11) is 0. The van der Waals surface area contributed by atoms with Crippen LogP contribution in [-0.2, 0) is 0 Å². The average Bonchev–Trinajstić information content (AvgIpc) is 2.44. The number of aliphatic hydroxyl groups excluding tert-OH is 2. The van der Waals surface area contributed by atoms with Gasteiger partial charge in [-0.2, -0.15) is 0 Å². The van der Waals surface area contributed by atoms with E-state index in [1.165, 1.54) is 64.2 Å². The zero-order valence-corrected chi connectivity index (χ0v) is 13.9. The molecule has 2 atom stereocenters. The number of hydrogen-bond donors (Lipinski definition) is 2. The Morgan fingerprint density at radius 2 is 1.05 bits per heavy atom. The van der Waals surface area contributed by atoms with Crippen LogP contribution in [0.1, 0.15) is 104 Å².